The van der Waals surface area contributed by atoms with Crippen LogP contribution in [0, 0.1) is 5.92 Å². The third-order valence-electron chi connectivity index (χ3n) is 2.50. The average Bonchev–Trinajstić information content (AvgIpc) is 2.80. The van der Waals surface area contributed by atoms with E-state index in [0.717, 1.165) is 6.54 Å². The summed E-state index contributed by atoms with van der Waals surface area (Å²) in [7, 11) is 0. The Bertz CT molecular complexity index is 332. The molecule has 1 aliphatic rings. The highest BCUT2D eigenvalue weighted by Gasteiger charge is 2.18. The molecule has 16 heavy (non-hydrogen) atoms. The van der Waals surface area contributed by atoms with Gasteiger partial charge in [-0.1, -0.05) is 26.0 Å². The van der Waals surface area contributed by atoms with Crippen LogP contribution in [0.4, 0.5) is 5.69 Å². The van der Waals surface area contributed by atoms with Gasteiger partial charge in [0.15, 0.2) is 0 Å². The highest BCUT2D eigenvalue weighted by Crippen LogP contribution is 2.45. The molecule has 0 atom stereocenters. The average molecular weight is 253 g/mol. The predicted molar refractivity (Wildman–Crippen MR) is 77.4 cm³/mol. The number of hydrogen-bond donors (Lipinski definition) is 1. The maximum absolute atomic E-state index is 3.49. The molecule has 1 aromatic carbocycles. The quantitative estimate of drug-likeness (QED) is 0.862. The fraction of sp³-hybridized carbons (Fsp3) is 0.538. The molecule has 88 valence electrons. The Labute approximate surface area is 107 Å². The van der Waals surface area contributed by atoms with Crippen LogP contribution in [0.15, 0.2) is 24.3 Å². The largest absolute Gasteiger partial charge is 0.385 e. The van der Waals surface area contributed by atoms with Gasteiger partial charge in [-0.15, -0.1) is 23.5 Å². The van der Waals surface area contributed by atoms with E-state index in [2.05, 4.69) is 67.0 Å². The van der Waals surface area contributed by atoms with E-state index in [1.54, 1.807) is 0 Å². The van der Waals surface area contributed by atoms with Crippen molar-refractivity contribution in [2.24, 2.45) is 5.92 Å². The summed E-state index contributed by atoms with van der Waals surface area (Å²) in [6.07, 6.45) is 0. The lowest BCUT2D eigenvalue weighted by Gasteiger charge is -2.12. The maximum atomic E-state index is 3.49. The number of benzene rings is 1. The van der Waals surface area contributed by atoms with Gasteiger partial charge in [-0.05, 0) is 23.6 Å². The van der Waals surface area contributed by atoms with Gasteiger partial charge in [-0.3, -0.25) is 0 Å². The fourth-order valence-electron chi connectivity index (χ4n) is 1.67. The van der Waals surface area contributed by atoms with Crippen molar-refractivity contribution < 1.29 is 0 Å². The Balaban J connectivity index is 2.01. The second kappa shape index (κ2) is 5.87. The molecule has 1 heterocycles. The molecule has 0 unspecified atom stereocenters. The summed E-state index contributed by atoms with van der Waals surface area (Å²) >= 11 is 4.13. The lowest BCUT2D eigenvalue weighted by molar-refractivity contribution is 0.689. The van der Waals surface area contributed by atoms with Crippen LogP contribution in [0.3, 0.4) is 0 Å². The molecular weight excluding hydrogens is 234 g/mol. The first kappa shape index (κ1) is 12.2. The number of rotatable bonds is 4. The van der Waals surface area contributed by atoms with E-state index in [9.17, 15) is 0 Å². The smallest absolute Gasteiger partial charge is 0.0752 e. The van der Waals surface area contributed by atoms with Gasteiger partial charge >= 0.3 is 0 Å². The summed E-state index contributed by atoms with van der Waals surface area (Å²) in [5.74, 6) is 3.27. The monoisotopic (exact) mass is 253 g/mol. The summed E-state index contributed by atoms with van der Waals surface area (Å²) in [6.45, 7) is 5.52. The van der Waals surface area contributed by atoms with Gasteiger partial charge in [0.05, 0.1) is 4.58 Å². The minimum atomic E-state index is 0.654. The molecule has 0 bridgehead atoms. The molecule has 0 saturated carbocycles. The number of hydrogen-bond acceptors (Lipinski definition) is 3. The molecule has 2 rings (SSSR count). The predicted octanol–water partition coefficient (Wildman–Crippen LogP) is 4.23. The summed E-state index contributed by atoms with van der Waals surface area (Å²) < 4.78 is 0.654. The normalized spacial score (nSPS) is 16.9. The van der Waals surface area contributed by atoms with Crippen LogP contribution in [0.1, 0.15) is 24.0 Å². The van der Waals surface area contributed by atoms with E-state index in [-0.39, 0.29) is 0 Å². The van der Waals surface area contributed by atoms with E-state index in [0.29, 0.717) is 10.5 Å². The Hall–Kier alpha value is -0.280. The summed E-state index contributed by atoms with van der Waals surface area (Å²) in [5, 5.41) is 3.49. The van der Waals surface area contributed by atoms with Crippen molar-refractivity contribution in [1.82, 2.24) is 0 Å². The zero-order chi connectivity index (χ0) is 11.4. The second-order valence-corrected chi connectivity index (χ2v) is 7.20. The van der Waals surface area contributed by atoms with Crippen LogP contribution in [0.5, 0.6) is 0 Å². The van der Waals surface area contributed by atoms with Gasteiger partial charge in [0.1, 0.15) is 0 Å². The minimum absolute atomic E-state index is 0.654. The van der Waals surface area contributed by atoms with E-state index in [1.807, 2.05) is 0 Å². The number of anilines is 1. The lowest BCUT2D eigenvalue weighted by atomic mass is 10.2. The summed E-state index contributed by atoms with van der Waals surface area (Å²) in [6, 6.07) is 8.88. The molecule has 0 radical (unpaired) electrons. The van der Waals surface area contributed by atoms with Crippen LogP contribution < -0.4 is 5.32 Å². The molecular formula is C13H19NS2. The Morgan fingerprint density at radius 2 is 2.06 bits per heavy atom. The lowest BCUT2D eigenvalue weighted by Crippen LogP contribution is -2.07. The van der Waals surface area contributed by atoms with Crippen LogP contribution in [-0.2, 0) is 0 Å². The van der Waals surface area contributed by atoms with Crippen molar-refractivity contribution in [3.63, 3.8) is 0 Å². The molecule has 0 aliphatic carbocycles. The van der Waals surface area contributed by atoms with Crippen molar-refractivity contribution in [2.75, 3.05) is 23.4 Å². The van der Waals surface area contributed by atoms with Gasteiger partial charge in [-0.2, -0.15) is 0 Å². The molecule has 1 saturated heterocycles. The Morgan fingerprint density at radius 3 is 2.75 bits per heavy atom. The molecule has 0 aromatic heterocycles. The first-order chi connectivity index (χ1) is 7.75. The van der Waals surface area contributed by atoms with Gasteiger partial charge in [0, 0.05) is 23.7 Å². The van der Waals surface area contributed by atoms with Crippen molar-refractivity contribution >= 4 is 29.2 Å². The topological polar surface area (TPSA) is 12.0 Å². The molecule has 0 spiro atoms. The standard InChI is InChI=1S/C13H19NS2/c1-10(2)9-14-12-5-3-4-11(8-12)13-15-6-7-16-13/h3-5,8,10,13-14H,6-7,9H2,1-2H3. The molecule has 1 aromatic rings. The number of nitrogens with one attached hydrogen (secondary N) is 1. The minimum Gasteiger partial charge on any atom is -0.385 e. The van der Waals surface area contributed by atoms with Crippen LogP contribution >= 0.6 is 23.5 Å². The third-order valence-corrected chi connectivity index (χ3v) is 5.60. The highest BCUT2D eigenvalue weighted by atomic mass is 32.2. The van der Waals surface area contributed by atoms with Crippen LogP contribution in [0.2, 0.25) is 0 Å². The fourth-order valence-corrected chi connectivity index (χ4v) is 4.51. The zero-order valence-electron chi connectivity index (χ0n) is 9.90. The first-order valence-corrected chi connectivity index (χ1v) is 7.92. The van der Waals surface area contributed by atoms with Gasteiger partial charge < -0.3 is 5.32 Å². The van der Waals surface area contributed by atoms with Crippen LogP contribution in [-0.4, -0.2) is 18.1 Å². The highest BCUT2D eigenvalue weighted by molar-refractivity contribution is 8.19. The zero-order valence-corrected chi connectivity index (χ0v) is 11.5. The second-order valence-electron chi connectivity index (χ2n) is 4.47. The van der Waals surface area contributed by atoms with Gasteiger partial charge in [-0.25, -0.2) is 0 Å². The van der Waals surface area contributed by atoms with E-state index >= 15 is 0 Å². The molecule has 1 N–H and O–H groups in total. The molecule has 3 heteroatoms. The molecule has 1 fully saturated rings. The Kier molecular flexibility index (Phi) is 4.47. The molecule has 1 nitrogen and oxygen atoms in total. The molecule has 1 aliphatic heterocycles. The third kappa shape index (κ3) is 3.36. The van der Waals surface area contributed by atoms with Crippen molar-refractivity contribution in [3.05, 3.63) is 29.8 Å². The molecule has 0 amide bonds. The summed E-state index contributed by atoms with van der Waals surface area (Å²) in [4.78, 5) is 0. The number of thioether (sulfide) groups is 2. The van der Waals surface area contributed by atoms with E-state index in [1.165, 1.54) is 22.8 Å². The van der Waals surface area contributed by atoms with E-state index in [4.69, 9.17) is 0 Å². The maximum Gasteiger partial charge on any atom is 0.0752 e. The first-order valence-electron chi connectivity index (χ1n) is 5.83. The van der Waals surface area contributed by atoms with Crippen molar-refractivity contribution in [3.8, 4) is 0 Å². The van der Waals surface area contributed by atoms with Gasteiger partial charge in [0.2, 0.25) is 0 Å². The SMILES string of the molecule is CC(C)CNc1cccc(C2SCCS2)c1. The summed E-state index contributed by atoms with van der Waals surface area (Å²) in [5.41, 5.74) is 2.72. The van der Waals surface area contributed by atoms with Crippen LogP contribution in [0.25, 0.3) is 0 Å². The van der Waals surface area contributed by atoms with Gasteiger partial charge in [0.25, 0.3) is 0 Å². The van der Waals surface area contributed by atoms with Crippen molar-refractivity contribution in [2.45, 2.75) is 18.4 Å². The Morgan fingerprint density at radius 1 is 1.31 bits per heavy atom. The van der Waals surface area contributed by atoms with Crippen molar-refractivity contribution in [1.29, 1.82) is 0 Å². The van der Waals surface area contributed by atoms with E-state index < -0.39 is 0 Å².